The number of amides is 1. The van der Waals surface area contributed by atoms with E-state index in [0.717, 1.165) is 17.7 Å². The lowest BCUT2D eigenvalue weighted by Gasteiger charge is -2.47. The molecule has 1 N–H and O–H groups in total. The molecular weight excluding hydrogens is 507 g/mol. The van der Waals surface area contributed by atoms with Crippen LogP contribution in [0.3, 0.4) is 0 Å². The third kappa shape index (κ3) is 5.05. The molecule has 2 aliphatic heterocycles. The highest BCUT2D eigenvalue weighted by molar-refractivity contribution is 5.88. The van der Waals surface area contributed by atoms with Crippen molar-refractivity contribution in [1.29, 1.82) is 0 Å². The lowest BCUT2D eigenvalue weighted by atomic mass is 9.91. The molecule has 38 heavy (non-hydrogen) atoms. The van der Waals surface area contributed by atoms with Crippen LogP contribution in [0.4, 0.5) is 13.2 Å². The van der Waals surface area contributed by atoms with Crippen molar-refractivity contribution in [1.82, 2.24) is 19.9 Å². The lowest BCUT2D eigenvalue weighted by Crippen LogP contribution is -2.61. The average Bonchev–Trinajstić information content (AvgIpc) is 3.39. The quantitative estimate of drug-likeness (QED) is 0.303. The number of benzene rings is 2. The van der Waals surface area contributed by atoms with Crippen molar-refractivity contribution in [2.45, 2.75) is 36.7 Å². The summed E-state index contributed by atoms with van der Waals surface area (Å²) >= 11 is 0. The summed E-state index contributed by atoms with van der Waals surface area (Å²) in [5.41, 5.74) is 0.673. The van der Waals surface area contributed by atoms with Gasteiger partial charge in [-0.3, -0.25) is 4.79 Å². The number of aliphatic imine (C=N–C) groups is 1. The van der Waals surface area contributed by atoms with Crippen LogP contribution in [0.5, 0.6) is 0 Å². The first kappa shape index (κ1) is 26.0. The fraction of sp³-hybridized carbons (Fsp3) is 0.360. The monoisotopic (exact) mass is 531 g/mol. The number of hydrogen-bond donors (Lipinski definition) is 1. The van der Waals surface area contributed by atoms with E-state index in [9.17, 15) is 23.1 Å². The number of fused-ring (bicyclic) bond motifs is 1. The van der Waals surface area contributed by atoms with E-state index in [1.807, 2.05) is 30.3 Å². The molecule has 2 aromatic carbocycles. The molecule has 0 radical (unpaired) electrons. The summed E-state index contributed by atoms with van der Waals surface area (Å²) < 4.78 is 60.3. The van der Waals surface area contributed by atoms with Gasteiger partial charge in [-0.1, -0.05) is 35.5 Å². The maximum atomic E-state index is 13.8. The molecular formula is C25H24F3N5O5. The number of ether oxygens (including phenoxy) is 3. The van der Waals surface area contributed by atoms with Crippen molar-refractivity contribution in [3.8, 4) is 11.3 Å². The maximum absolute atomic E-state index is 13.8. The molecule has 3 aromatic rings. The minimum absolute atomic E-state index is 0.0122. The molecule has 1 aromatic heterocycles. The molecule has 0 bridgehead atoms. The molecule has 6 atom stereocenters. The topological polar surface area (TPSA) is 111 Å². The van der Waals surface area contributed by atoms with E-state index in [2.05, 4.69) is 15.3 Å². The van der Waals surface area contributed by atoms with Gasteiger partial charge in [0.15, 0.2) is 29.8 Å². The van der Waals surface area contributed by atoms with E-state index >= 15 is 0 Å². The van der Waals surface area contributed by atoms with Crippen LogP contribution in [0, 0.1) is 17.5 Å². The zero-order valence-electron chi connectivity index (χ0n) is 20.3. The Hall–Kier alpha value is -3.65. The van der Waals surface area contributed by atoms with Gasteiger partial charge < -0.3 is 24.2 Å². The molecule has 0 unspecified atom stereocenters. The average molecular weight is 531 g/mol. The number of rotatable bonds is 5. The minimum Gasteiger partial charge on any atom is -0.387 e. The van der Waals surface area contributed by atoms with Gasteiger partial charge in [0.1, 0.15) is 30.0 Å². The van der Waals surface area contributed by atoms with E-state index in [-0.39, 0.29) is 17.9 Å². The van der Waals surface area contributed by atoms with Gasteiger partial charge in [-0.15, -0.1) is 5.10 Å². The van der Waals surface area contributed by atoms with Crippen molar-refractivity contribution < 1.29 is 37.3 Å². The molecule has 2 aliphatic rings. The Kier molecular flexibility index (Phi) is 7.25. The van der Waals surface area contributed by atoms with E-state index in [0.29, 0.717) is 0 Å². The Labute approximate surface area is 215 Å². The van der Waals surface area contributed by atoms with Gasteiger partial charge in [0, 0.05) is 25.2 Å². The zero-order valence-corrected chi connectivity index (χ0v) is 20.3. The van der Waals surface area contributed by atoms with Crippen LogP contribution >= 0.6 is 0 Å². The third-order valence-corrected chi connectivity index (χ3v) is 6.20. The first-order valence-electron chi connectivity index (χ1n) is 11.7. The summed E-state index contributed by atoms with van der Waals surface area (Å²) in [6, 6.07) is 9.65. The number of aliphatic hydroxyl groups excluding tert-OH is 1. The van der Waals surface area contributed by atoms with Crippen molar-refractivity contribution >= 4 is 12.2 Å². The second-order valence-electron chi connectivity index (χ2n) is 9.14. The summed E-state index contributed by atoms with van der Waals surface area (Å²) in [5.74, 6) is -5.11. The van der Waals surface area contributed by atoms with Crippen molar-refractivity contribution in [3.63, 3.8) is 0 Å². The zero-order chi connectivity index (χ0) is 27.0. The van der Waals surface area contributed by atoms with Crippen LogP contribution in [-0.2, 0) is 19.0 Å². The number of halogens is 3. The molecule has 5 rings (SSSR count). The number of carbonyl (C=O) groups excluding carboxylic acids is 1. The third-order valence-electron chi connectivity index (χ3n) is 6.20. The number of nitrogens with zero attached hydrogens (tertiary/aromatic N) is 5. The predicted molar refractivity (Wildman–Crippen MR) is 126 cm³/mol. The predicted octanol–water partition coefficient (Wildman–Crippen LogP) is 2.26. The first-order chi connectivity index (χ1) is 18.2. The SMILES string of the molecule is CN(C)C=NC(=O)[C@@H]1O[C@@H]2CO[C@H](c3ccccc3)O[C@@H]2[C@H](n2cc(-c3cc(F)c(F)c(F)c3)nn2)[C@H]1O. The Morgan fingerprint density at radius 3 is 2.55 bits per heavy atom. The smallest absolute Gasteiger partial charge is 0.278 e. The summed E-state index contributed by atoms with van der Waals surface area (Å²) in [5, 5.41) is 19.3. The molecule has 2 saturated heterocycles. The summed E-state index contributed by atoms with van der Waals surface area (Å²) in [6.07, 6.45) is -2.71. The second-order valence-corrected chi connectivity index (χ2v) is 9.14. The Balaban J connectivity index is 1.50. The second kappa shape index (κ2) is 10.6. The molecule has 0 spiro atoms. The molecule has 13 heteroatoms. The Bertz CT molecular complexity index is 1310. The molecule has 0 saturated carbocycles. The summed E-state index contributed by atoms with van der Waals surface area (Å²) in [6.45, 7) is 0.0323. The van der Waals surface area contributed by atoms with Crippen molar-refractivity contribution in [3.05, 3.63) is 71.7 Å². The van der Waals surface area contributed by atoms with Gasteiger partial charge in [0.25, 0.3) is 5.91 Å². The minimum atomic E-state index is -1.61. The van der Waals surface area contributed by atoms with E-state index < -0.39 is 60.1 Å². The van der Waals surface area contributed by atoms with E-state index in [1.165, 1.54) is 17.2 Å². The first-order valence-corrected chi connectivity index (χ1v) is 11.7. The van der Waals surface area contributed by atoms with E-state index in [4.69, 9.17) is 14.2 Å². The molecule has 3 heterocycles. The lowest BCUT2D eigenvalue weighted by molar-refractivity contribution is -0.312. The number of carbonyl (C=O) groups is 1. The fourth-order valence-corrected chi connectivity index (χ4v) is 4.41. The van der Waals surface area contributed by atoms with Crippen LogP contribution in [0.1, 0.15) is 17.9 Å². The number of hydrogen-bond acceptors (Lipinski definition) is 7. The van der Waals surface area contributed by atoms with Crippen LogP contribution in [0.2, 0.25) is 0 Å². The number of aromatic nitrogens is 3. The van der Waals surface area contributed by atoms with Gasteiger partial charge in [-0.05, 0) is 12.1 Å². The summed E-state index contributed by atoms with van der Waals surface area (Å²) in [7, 11) is 3.36. The van der Waals surface area contributed by atoms with E-state index in [1.54, 1.807) is 19.0 Å². The highest BCUT2D eigenvalue weighted by Gasteiger charge is 2.52. The van der Waals surface area contributed by atoms with Gasteiger partial charge in [0.05, 0.1) is 19.1 Å². The van der Waals surface area contributed by atoms with Crippen molar-refractivity contribution in [2.24, 2.45) is 4.99 Å². The molecule has 1 amide bonds. The Morgan fingerprint density at radius 2 is 1.87 bits per heavy atom. The molecule has 200 valence electrons. The maximum Gasteiger partial charge on any atom is 0.278 e. The normalized spacial score (nSPS) is 27.3. The van der Waals surface area contributed by atoms with Gasteiger partial charge in [0.2, 0.25) is 0 Å². The molecule has 2 fully saturated rings. The van der Waals surface area contributed by atoms with Gasteiger partial charge >= 0.3 is 0 Å². The van der Waals surface area contributed by atoms with Crippen molar-refractivity contribution in [2.75, 3.05) is 20.7 Å². The van der Waals surface area contributed by atoms with Crippen LogP contribution in [-0.4, -0.2) is 82.4 Å². The largest absolute Gasteiger partial charge is 0.387 e. The van der Waals surface area contributed by atoms with Crippen LogP contribution in [0.25, 0.3) is 11.3 Å². The summed E-state index contributed by atoms with van der Waals surface area (Å²) in [4.78, 5) is 18.2. The number of aliphatic hydroxyl groups is 1. The standard InChI is InChI=1S/C25H24F3N5O5/c1-32(2)12-29-24(35)23-21(34)20(22-18(37-23)11-36-25(38-22)13-6-4-3-5-7-13)33-10-17(30-31-33)14-8-15(26)19(28)16(27)9-14/h3-10,12,18,20-23,25,34H,11H2,1-2H3/t18-,20-,21-,22+,23-,25+/m1/s1. The molecule has 0 aliphatic carbocycles. The van der Waals surface area contributed by atoms with Crippen LogP contribution in [0.15, 0.2) is 53.7 Å². The molecule has 10 nitrogen and oxygen atoms in total. The van der Waals surface area contributed by atoms with Gasteiger partial charge in [-0.25, -0.2) is 22.8 Å². The highest BCUT2D eigenvalue weighted by Crippen LogP contribution is 2.39. The Morgan fingerprint density at radius 1 is 1.16 bits per heavy atom. The fourth-order valence-electron chi connectivity index (χ4n) is 4.41. The highest BCUT2D eigenvalue weighted by atomic mass is 19.2. The van der Waals surface area contributed by atoms with Gasteiger partial charge in [-0.2, -0.15) is 0 Å². The van der Waals surface area contributed by atoms with Crippen LogP contribution < -0.4 is 0 Å².